The summed E-state index contributed by atoms with van der Waals surface area (Å²) >= 11 is 0. The summed E-state index contributed by atoms with van der Waals surface area (Å²) in [6, 6.07) is 7.59. The minimum atomic E-state index is -3.60. The molecule has 0 radical (unpaired) electrons. The van der Waals surface area contributed by atoms with Gasteiger partial charge in [-0.2, -0.15) is 5.10 Å². The van der Waals surface area contributed by atoms with Gasteiger partial charge < -0.3 is 5.32 Å². The van der Waals surface area contributed by atoms with Gasteiger partial charge in [0.25, 0.3) is 10.0 Å². The van der Waals surface area contributed by atoms with Crippen LogP contribution in [0.1, 0.15) is 18.4 Å². The van der Waals surface area contributed by atoms with Crippen molar-refractivity contribution in [3.63, 3.8) is 0 Å². The normalized spacial score (nSPS) is 15.1. The summed E-state index contributed by atoms with van der Waals surface area (Å²) in [4.78, 5) is 0.307. The highest BCUT2D eigenvalue weighted by Gasteiger charge is 2.23. The van der Waals surface area contributed by atoms with Crippen molar-refractivity contribution in [2.45, 2.75) is 30.3 Å². The Labute approximate surface area is 124 Å². The zero-order chi connectivity index (χ0) is 14.9. The highest BCUT2D eigenvalue weighted by Crippen LogP contribution is 2.22. The second-order valence-corrected chi connectivity index (χ2v) is 6.92. The number of nitrogens with zero attached hydrogens (tertiary/aromatic N) is 2. The molecule has 1 aromatic heterocycles. The van der Waals surface area contributed by atoms with Gasteiger partial charge in [0.05, 0.1) is 16.8 Å². The molecule has 0 saturated heterocycles. The molecular weight excluding hydrogens is 288 g/mol. The maximum Gasteiger partial charge on any atom is 0.262 e. The van der Waals surface area contributed by atoms with Crippen molar-refractivity contribution in [2.24, 2.45) is 7.05 Å². The van der Waals surface area contributed by atoms with Crippen LogP contribution in [-0.4, -0.2) is 24.2 Å². The first-order chi connectivity index (χ1) is 10.0. The Bertz CT molecular complexity index is 735. The first-order valence-corrected chi connectivity index (χ1v) is 8.36. The number of benzene rings is 1. The van der Waals surface area contributed by atoms with Crippen molar-refractivity contribution < 1.29 is 8.42 Å². The van der Waals surface area contributed by atoms with Crippen molar-refractivity contribution in [1.82, 2.24) is 15.1 Å². The van der Waals surface area contributed by atoms with Gasteiger partial charge in [-0.3, -0.25) is 9.40 Å². The fourth-order valence-corrected chi connectivity index (χ4v) is 3.41. The van der Waals surface area contributed by atoms with E-state index in [4.69, 9.17) is 0 Å². The lowest BCUT2D eigenvalue weighted by molar-refractivity contribution is 0.597. The van der Waals surface area contributed by atoms with Crippen molar-refractivity contribution in [2.75, 3.05) is 4.72 Å². The molecule has 1 saturated carbocycles. The molecule has 0 atom stereocenters. The van der Waals surface area contributed by atoms with Crippen LogP contribution in [0, 0.1) is 0 Å². The number of sulfonamides is 1. The lowest BCUT2D eigenvalue weighted by Crippen LogP contribution is -2.20. The molecule has 1 heterocycles. The Morgan fingerprint density at radius 2 is 2.10 bits per heavy atom. The van der Waals surface area contributed by atoms with Gasteiger partial charge in [-0.1, -0.05) is 18.2 Å². The summed E-state index contributed by atoms with van der Waals surface area (Å²) in [5, 5.41) is 7.31. The molecule has 6 nitrogen and oxygen atoms in total. The molecule has 0 aliphatic heterocycles. The van der Waals surface area contributed by atoms with E-state index in [0.717, 1.165) is 5.56 Å². The Morgan fingerprint density at radius 3 is 2.76 bits per heavy atom. The van der Waals surface area contributed by atoms with Crippen molar-refractivity contribution in [3.8, 4) is 0 Å². The van der Waals surface area contributed by atoms with Gasteiger partial charge in [-0.25, -0.2) is 8.42 Å². The minimum Gasteiger partial charge on any atom is -0.310 e. The summed E-state index contributed by atoms with van der Waals surface area (Å²) in [6.07, 6.45) is 5.46. The van der Waals surface area contributed by atoms with Gasteiger partial charge in [-0.15, -0.1) is 0 Å². The van der Waals surface area contributed by atoms with Crippen LogP contribution >= 0.6 is 0 Å². The molecule has 0 bridgehead atoms. The number of aromatic nitrogens is 2. The van der Waals surface area contributed by atoms with Gasteiger partial charge >= 0.3 is 0 Å². The Kier molecular flexibility index (Phi) is 3.69. The van der Waals surface area contributed by atoms with E-state index >= 15 is 0 Å². The first-order valence-electron chi connectivity index (χ1n) is 6.87. The molecule has 0 unspecified atom stereocenters. The summed E-state index contributed by atoms with van der Waals surface area (Å²) in [5.74, 6) is 0. The second-order valence-electron chi connectivity index (χ2n) is 5.27. The number of aryl methyl sites for hydroxylation is 1. The van der Waals surface area contributed by atoms with E-state index in [2.05, 4.69) is 15.1 Å². The SMILES string of the molecule is Cn1cc(NS(=O)(=O)c2ccccc2CNC2CC2)cn1. The third kappa shape index (κ3) is 3.43. The third-order valence-electron chi connectivity index (χ3n) is 3.38. The fraction of sp³-hybridized carbons (Fsp3) is 0.357. The van der Waals surface area contributed by atoms with Crippen LogP contribution in [0.15, 0.2) is 41.6 Å². The van der Waals surface area contributed by atoms with Gasteiger partial charge in [0, 0.05) is 25.8 Å². The van der Waals surface area contributed by atoms with Gasteiger partial charge in [-0.05, 0) is 24.5 Å². The van der Waals surface area contributed by atoms with Crippen molar-refractivity contribution in [1.29, 1.82) is 0 Å². The largest absolute Gasteiger partial charge is 0.310 e. The average molecular weight is 306 g/mol. The molecule has 0 amide bonds. The molecule has 21 heavy (non-hydrogen) atoms. The number of rotatable bonds is 6. The van der Waals surface area contributed by atoms with Gasteiger partial charge in [0.1, 0.15) is 0 Å². The molecular formula is C14H18N4O2S. The molecule has 3 rings (SSSR count). The Hall–Kier alpha value is -1.86. The van der Waals surface area contributed by atoms with E-state index in [1.807, 2.05) is 12.1 Å². The quantitative estimate of drug-likeness (QED) is 0.847. The highest BCUT2D eigenvalue weighted by atomic mass is 32.2. The zero-order valence-corrected chi connectivity index (χ0v) is 12.6. The van der Waals surface area contributed by atoms with Crippen LogP contribution in [0.5, 0.6) is 0 Å². The van der Waals surface area contributed by atoms with E-state index in [0.29, 0.717) is 23.2 Å². The molecule has 1 aliphatic carbocycles. The van der Waals surface area contributed by atoms with Crippen LogP contribution in [0.2, 0.25) is 0 Å². The first kappa shape index (κ1) is 14.1. The van der Waals surface area contributed by atoms with Crippen molar-refractivity contribution >= 4 is 15.7 Å². The maximum atomic E-state index is 12.5. The number of hydrogen-bond acceptors (Lipinski definition) is 4. The molecule has 2 N–H and O–H groups in total. The van der Waals surface area contributed by atoms with E-state index in [1.54, 1.807) is 30.1 Å². The van der Waals surface area contributed by atoms with Crippen LogP contribution in [-0.2, 0) is 23.6 Å². The maximum absolute atomic E-state index is 12.5. The summed E-state index contributed by atoms with van der Waals surface area (Å²) in [7, 11) is -1.86. The van der Waals surface area contributed by atoms with Crippen LogP contribution in [0.25, 0.3) is 0 Å². The van der Waals surface area contributed by atoms with E-state index in [9.17, 15) is 8.42 Å². The Balaban J connectivity index is 1.83. The van der Waals surface area contributed by atoms with Crippen molar-refractivity contribution in [3.05, 3.63) is 42.2 Å². The number of anilines is 1. The van der Waals surface area contributed by atoms with Crippen LogP contribution < -0.4 is 10.0 Å². The molecule has 112 valence electrons. The molecule has 1 fully saturated rings. The number of hydrogen-bond donors (Lipinski definition) is 2. The average Bonchev–Trinajstić information content (AvgIpc) is 3.19. The molecule has 1 aromatic carbocycles. The molecule has 0 spiro atoms. The summed E-state index contributed by atoms with van der Waals surface area (Å²) < 4.78 is 29.1. The topological polar surface area (TPSA) is 76.0 Å². The molecule has 2 aromatic rings. The monoisotopic (exact) mass is 306 g/mol. The fourth-order valence-electron chi connectivity index (χ4n) is 2.14. The predicted octanol–water partition coefficient (Wildman–Crippen LogP) is 1.47. The number of nitrogens with one attached hydrogen (secondary N) is 2. The van der Waals surface area contributed by atoms with E-state index in [-0.39, 0.29) is 0 Å². The van der Waals surface area contributed by atoms with Gasteiger partial charge in [0.15, 0.2) is 0 Å². The molecule has 7 heteroatoms. The highest BCUT2D eigenvalue weighted by molar-refractivity contribution is 7.92. The Morgan fingerprint density at radius 1 is 1.33 bits per heavy atom. The van der Waals surface area contributed by atoms with Crippen LogP contribution in [0.4, 0.5) is 5.69 Å². The predicted molar refractivity (Wildman–Crippen MR) is 80.3 cm³/mol. The van der Waals surface area contributed by atoms with E-state index in [1.165, 1.54) is 19.0 Å². The summed E-state index contributed by atoms with van der Waals surface area (Å²) in [6.45, 7) is 0.564. The lowest BCUT2D eigenvalue weighted by Gasteiger charge is -2.11. The molecule has 1 aliphatic rings. The van der Waals surface area contributed by atoms with Crippen LogP contribution in [0.3, 0.4) is 0 Å². The smallest absolute Gasteiger partial charge is 0.262 e. The summed E-state index contributed by atoms with van der Waals surface area (Å²) in [5.41, 5.74) is 1.24. The van der Waals surface area contributed by atoms with E-state index < -0.39 is 10.0 Å². The van der Waals surface area contributed by atoms with Gasteiger partial charge in [0.2, 0.25) is 0 Å². The minimum absolute atomic E-state index is 0.307. The lowest BCUT2D eigenvalue weighted by atomic mass is 10.2. The second kappa shape index (κ2) is 5.50. The third-order valence-corrected chi connectivity index (χ3v) is 4.86. The standard InChI is InChI=1S/C14H18N4O2S/c1-18-10-13(9-16-18)17-21(19,20)14-5-3-2-4-11(14)8-15-12-6-7-12/h2-5,9-10,12,15,17H,6-8H2,1H3. The zero-order valence-electron chi connectivity index (χ0n) is 11.8.